The van der Waals surface area contributed by atoms with Crippen molar-refractivity contribution in [1.82, 2.24) is 10.2 Å². The van der Waals surface area contributed by atoms with E-state index in [1.807, 2.05) is 7.05 Å². The highest BCUT2D eigenvalue weighted by Crippen LogP contribution is 2.24. The van der Waals surface area contributed by atoms with Crippen LogP contribution in [0.3, 0.4) is 0 Å². The van der Waals surface area contributed by atoms with Gasteiger partial charge < -0.3 is 10.2 Å². The Morgan fingerprint density at radius 3 is 2.89 bits per heavy atom. The first-order chi connectivity index (χ1) is 9.02. The first-order valence-electron chi connectivity index (χ1n) is 5.93. The number of hydrogen-bond donors (Lipinski definition) is 1. The minimum absolute atomic E-state index is 0.128. The molecule has 19 heavy (non-hydrogen) atoms. The zero-order chi connectivity index (χ0) is 14.0. The minimum Gasteiger partial charge on any atom is -0.337 e. The maximum atomic E-state index is 12.3. The van der Waals surface area contributed by atoms with Crippen LogP contribution >= 0.6 is 11.6 Å². The van der Waals surface area contributed by atoms with Crippen LogP contribution in [-0.4, -0.2) is 41.9 Å². The molecule has 0 radical (unpaired) electrons. The fourth-order valence-corrected chi connectivity index (χ4v) is 2.34. The molecule has 1 aromatic carbocycles. The number of likely N-dealkylation sites (tertiary alicyclic amines) is 1. The molecule has 1 N–H and O–H groups in total. The maximum absolute atomic E-state index is 12.3. The van der Waals surface area contributed by atoms with Crippen molar-refractivity contribution in [2.24, 2.45) is 0 Å². The summed E-state index contributed by atoms with van der Waals surface area (Å²) in [4.78, 5) is 24.2. The number of carbonyl (C=O) groups excluding carboxylic acids is 1. The Morgan fingerprint density at radius 2 is 2.32 bits per heavy atom. The summed E-state index contributed by atoms with van der Waals surface area (Å²) in [7, 11) is 1.85. The Bertz CT molecular complexity index is 521. The fourth-order valence-electron chi connectivity index (χ4n) is 2.14. The number of likely N-dealkylation sites (N-methyl/N-ethyl adjacent to an activating group) is 1. The monoisotopic (exact) mass is 283 g/mol. The molecule has 1 saturated heterocycles. The van der Waals surface area contributed by atoms with Crippen molar-refractivity contribution in [1.29, 1.82) is 0 Å². The lowest BCUT2D eigenvalue weighted by molar-refractivity contribution is -0.384. The predicted molar refractivity (Wildman–Crippen MR) is 71.5 cm³/mol. The molecule has 1 amide bonds. The summed E-state index contributed by atoms with van der Waals surface area (Å²) in [6, 6.07) is 4.18. The molecule has 6 nitrogen and oxygen atoms in total. The smallest absolute Gasteiger partial charge is 0.270 e. The van der Waals surface area contributed by atoms with E-state index in [1.165, 1.54) is 18.2 Å². The second kappa shape index (κ2) is 5.54. The molecule has 0 spiro atoms. The van der Waals surface area contributed by atoms with Crippen LogP contribution in [0.1, 0.15) is 16.8 Å². The van der Waals surface area contributed by atoms with E-state index < -0.39 is 4.92 Å². The van der Waals surface area contributed by atoms with Crippen LogP contribution in [-0.2, 0) is 0 Å². The summed E-state index contributed by atoms with van der Waals surface area (Å²) in [6.07, 6.45) is 0.870. The van der Waals surface area contributed by atoms with E-state index in [2.05, 4.69) is 5.32 Å². The number of carbonyl (C=O) groups is 1. The van der Waals surface area contributed by atoms with Crippen LogP contribution < -0.4 is 5.32 Å². The Balaban J connectivity index is 2.24. The normalized spacial score (nSPS) is 18.6. The Kier molecular flexibility index (Phi) is 4.01. The molecule has 1 unspecified atom stereocenters. The van der Waals surface area contributed by atoms with E-state index >= 15 is 0 Å². The van der Waals surface area contributed by atoms with Crippen molar-refractivity contribution in [2.45, 2.75) is 12.5 Å². The molecule has 0 aliphatic carbocycles. The summed E-state index contributed by atoms with van der Waals surface area (Å²) in [5.41, 5.74) is 0.0599. The van der Waals surface area contributed by atoms with Crippen molar-refractivity contribution in [3.63, 3.8) is 0 Å². The number of hydrogen-bond acceptors (Lipinski definition) is 4. The predicted octanol–water partition coefficient (Wildman–Crippen LogP) is 1.68. The van der Waals surface area contributed by atoms with Gasteiger partial charge in [-0.15, -0.1) is 0 Å². The van der Waals surface area contributed by atoms with E-state index in [0.29, 0.717) is 13.1 Å². The standard InChI is InChI=1S/C12H14ClN3O3/c1-14-8-4-5-15(7-8)12(17)10-6-9(16(18)19)2-3-11(10)13/h2-3,6,8,14H,4-5,7H2,1H3. The van der Waals surface area contributed by atoms with Gasteiger partial charge in [-0.1, -0.05) is 11.6 Å². The molecule has 7 heteroatoms. The van der Waals surface area contributed by atoms with Gasteiger partial charge in [0.1, 0.15) is 0 Å². The van der Waals surface area contributed by atoms with Gasteiger partial charge in [0.2, 0.25) is 0 Å². The Hall–Kier alpha value is -1.66. The van der Waals surface area contributed by atoms with Crippen molar-refractivity contribution in [2.75, 3.05) is 20.1 Å². The highest BCUT2D eigenvalue weighted by atomic mass is 35.5. The Labute approximate surface area is 115 Å². The number of non-ortho nitro benzene ring substituents is 1. The molecule has 0 bridgehead atoms. The van der Waals surface area contributed by atoms with Gasteiger partial charge in [-0.3, -0.25) is 14.9 Å². The van der Waals surface area contributed by atoms with E-state index in [-0.39, 0.29) is 28.2 Å². The van der Waals surface area contributed by atoms with Crippen LogP contribution in [0.15, 0.2) is 18.2 Å². The zero-order valence-corrected chi connectivity index (χ0v) is 11.2. The van der Waals surface area contributed by atoms with Crippen molar-refractivity contribution >= 4 is 23.2 Å². The van der Waals surface area contributed by atoms with Crippen molar-refractivity contribution in [3.05, 3.63) is 38.9 Å². The average molecular weight is 284 g/mol. The number of amides is 1. The third-order valence-electron chi connectivity index (χ3n) is 3.27. The summed E-state index contributed by atoms with van der Waals surface area (Å²) in [5.74, 6) is -0.258. The van der Waals surface area contributed by atoms with Gasteiger partial charge in [0.25, 0.3) is 11.6 Å². The van der Waals surface area contributed by atoms with Gasteiger partial charge in [-0.25, -0.2) is 0 Å². The molecule has 1 fully saturated rings. The number of nitrogens with zero attached hydrogens (tertiary/aromatic N) is 2. The maximum Gasteiger partial charge on any atom is 0.270 e. The number of nitro benzene ring substituents is 1. The highest BCUT2D eigenvalue weighted by Gasteiger charge is 2.27. The number of nitrogens with one attached hydrogen (secondary N) is 1. The molecular weight excluding hydrogens is 270 g/mol. The van der Waals surface area contributed by atoms with Crippen molar-refractivity contribution in [3.8, 4) is 0 Å². The molecule has 1 aliphatic heterocycles. The molecule has 1 aromatic rings. The molecule has 0 aromatic heterocycles. The summed E-state index contributed by atoms with van der Waals surface area (Å²) in [6.45, 7) is 1.22. The topological polar surface area (TPSA) is 75.5 Å². The van der Waals surface area contributed by atoms with Gasteiger partial charge in [0, 0.05) is 31.3 Å². The third-order valence-corrected chi connectivity index (χ3v) is 3.60. The molecule has 102 valence electrons. The quantitative estimate of drug-likeness (QED) is 0.676. The van der Waals surface area contributed by atoms with E-state index in [9.17, 15) is 14.9 Å². The number of halogens is 1. The SMILES string of the molecule is CNC1CCN(C(=O)c2cc([N+](=O)[O-])ccc2Cl)C1. The highest BCUT2D eigenvalue weighted by molar-refractivity contribution is 6.33. The van der Waals surface area contributed by atoms with E-state index in [1.54, 1.807) is 4.90 Å². The van der Waals surface area contributed by atoms with Crippen LogP contribution in [0.5, 0.6) is 0 Å². The van der Waals surface area contributed by atoms with Crippen LogP contribution in [0, 0.1) is 10.1 Å². The lowest BCUT2D eigenvalue weighted by Gasteiger charge is -2.17. The summed E-state index contributed by atoms with van der Waals surface area (Å²) in [5, 5.41) is 14.1. The fraction of sp³-hybridized carbons (Fsp3) is 0.417. The van der Waals surface area contributed by atoms with Gasteiger partial charge in [-0.05, 0) is 19.5 Å². The largest absolute Gasteiger partial charge is 0.337 e. The molecule has 1 heterocycles. The van der Waals surface area contributed by atoms with Crippen LogP contribution in [0.2, 0.25) is 5.02 Å². The average Bonchev–Trinajstić information content (AvgIpc) is 2.87. The van der Waals surface area contributed by atoms with E-state index in [4.69, 9.17) is 11.6 Å². The molecule has 1 aliphatic rings. The van der Waals surface area contributed by atoms with Crippen LogP contribution in [0.25, 0.3) is 0 Å². The van der Waals surface area contributed by atoms with Crippen molar-refractivity contribution < 1.29 is 9.72 Å². The number of nitro groups is 1. The number of benzene rings is 1. The molecule has 2 rings (SSSR count). The third kappa shape index (κ3) is 2.85. The second-order valence-corrected chi connectivity index (χ2v) is 4.85. The zero-order valence-electron chi connectivity index (χ0n) is 10.4. The van der Waals surface area contributed by atoms with E-state index in [0.717, 1.165) is 6.42 Å². The lowest BCUT2D eigenvalue weighted by atomic mass is 10.1. The Morgan fingerprint density at radius 1 is 1.58 bits per heavy atom. The van der Waals surface area contributed by atoms with Gasteiger partial charge in [0.15, 0.2) is 0 Å². The van der Waals surface area contributed by atoms with Gasteiger partial charge in [-0.2, -0.15) is 0 Å². The number of rotatable bonds is 3. The molecule has 1 atom stereocenters. The van der Waals surface area contributed by atoms with Crippen LogP contribution in [0.4, 0.5) is 5.69 Å². The summed E-state index contributed by atoms with van der Waals surface area (Å²) < 4.78 is 0. The molecule has 0 saturated carbocycles. The first-order valence-corrected chi connectivity index (χ1v) is 6.31. The first kappa shape index (κ1) is 13.8. The van der Waals surface area contributed by atoms with Gasteiger partial charge >= 0.3 is 0 Å². The second-order valence-electron chi connectivity index (χ2n) is 4.45. The lowest BCUT2D eigenvalue weighted by Crippen LogP contribution is -2.33. The summed E-state index contributed by atoms with van der Waals surface area (Å²) >= 11 is 5.96. The minimum atomic E-state index is -0.534. The molecular formula is C12H14ClN3O3. The van der Waals surface area contributed by atoms with Gasteiger partial charge in [0.05, 0.1) is 15.5 Å².